The molecule has 0 bridgehead atoms. The third kappa shape index (κ3) is 3.70. The van der Waals surface area contributed by atoms with Gasteiger partial charge in [-0.3, -0.25) is 0 Å². The Kier molecular flexibility index (Phi) is 6.24. The van der Waals surface area contributed by atoms with Crippen molar-refractivity contribution in [3.05, 3.63) is 11.6 Å². The van der Waals surface area contributed by atoms with Crippen LogP contribution in [0.1, 0.15) is 58.8 Å². The number of hydrogen-bond acceptors (Lipinski definition) is 7. The van der Waals surface area contributed by atoms with Crippen LogP contribution in [0, 0.1) is 28.6 Å². The van der Waals surface area contributed by atoms with E-state index in [1.54, 1.807) is 0 Å². The van der Waals surface area contributed by atoms with Gasteiger partial charge in [-0.25, -0.2) is 20.4 Å². The highest BCUT2D eigenvalue weighted by atomic mass is 16.3. The van der Waals surface area contributed by atoms with Gasteiger partial charge < -0.3 is 26.8 Å². The smallest absolute Gasteiger partial charge is 0.332 e. The van der Waals surface area contributed by atoms with Crippen LogP contribution in [0.4, 0.5) is 9.59 Å². The summed E-state index contributed by atoms with van der Waals surface area (Å²) in [5, 5.41) is 41.3. The molecule has 0 spiro atoms. The number of primary amides is 2. The van der Waals surface area contributed by atoms with Gasteiger partial charge in [0.2, 0.25) is 0 Å². The SMILES string of the molecule is C[C@]12CC/C(=N\NC(N)=O)C=C1CC[C@@H]1[C@@H]2[C@@H](O)C[C@@]2(C)[C@H]1CC[C@@]2(O)/C(CO)=N/NC(N)=O. The Hall–Kier alpha value is -2.50. The van der Waals surface area contributed by atoms with Crippen LogP contribution in [0.3, 0.4) is 0 Å². The molecule has 4 aliphatic carbocycles. The van der Waals surface area contributed by atoms with E-state index in [1.165, 1.54) is 5.57 Å². The summed E-state index contributed by atoms with van der Waals surface area (Å²) in [4.78, 5) is 22.2. The molecular weight excluding hydrogens is 440 g/mol. The summed E-state index contributed by atoms with van der Waals surface area (Å²) in [6.07, 6.45) is 6.04. The maximum atomic E-state index is 11.8. The Morgan fingerprint density at radius 1 is 1.15 bits per heavy atom. The predicted octanol–water partition coefficient (Wildman–Crippen LogP) is 0.692. The molecule has 7 atom stereocenters. The lowest BCUT2D eigenvalue weighted by Gasteiger charge is -2.60. The molecule has 0 aromatic carbocycles. The summed E-state index contributed by atoms with van der Waals surface area (Å²) < 4.78 is 0. The number of urea groups is 2. The minimum absolute atomic E-state index is 0.0248. The summed E-state index contributed by atoms with van der Waals surface area (Å²) in [6.45, 7) is 3.65. The van der Waals surface area contributed by atoms with Crippen LogP contribution in [-0.2, 0) is 0 Å². The van der Waals surface area contributed by atoms with Crippen LogP contribution < -0.4 is 22.3 Å². The highest BCUT2D eigenvalue weighted by Crippen LogP contribution is 2.67. The second kappa shape index (κ2) is 8.62. The van der Waals surface area contributed by atoms with Crippen LogP contribution in [0.5, 0.6) is 0 Å². The maximum absolute atomic E-state index is 11.8. The molecule has 11 heteroatoms. The van der Waals surface area contributed by atoms with E-state index in [9.17, 15) is 24.9 Å². The number of nitrogens with one attached hydrogen (secondary N) is 2. The fourth-order valence-corrected chi connectivity index (χ4v) is 7.77. The maximum Gasteiger partial charge on any atom is 0.332 e. The number of nitrogens with zero attached hydrogens (tertiary/aromatic N) is 2. The first-order valence-electron chi connectivity index (χ1n) is 11.9. The molecule has 4 aliphatic rings. The van der Waals surface area contributed by atoms with E-state index in [0.717, 1.165) is 31.4 Å². The third-order valence-electron chi connectivity index (χ3n) is 9.30. The van der Waals surface area contributed by atoms with Gasteiger partial charge in [0.25, 0.3) is 0 Å². The number of aliphatic hydroxyl groups excluding tert-OH is 2. The summed E-state index contributed by atoms with van der Waals surface area (Å²) in [5.41, 5.74) is 14.4. The van der Waals surface area contributed by atoms with Gasteiger partial charge in [-0.05, 0) is 74.2 Å². The molecule has 0 saturated heterocycles. The van der Waals surface area contributed by atoms with E-state index in [1.807, 2.05) is 13.0 Å². The molecule has 0 aromatic rings. The Balaban J connectivity index is 1.65. The third-order valence-corrected chi connectivity index (χ3v) is 9.30. The van der Waals surface area contributed by atoms with E-state index >= 15 is 0 Å². The summed E-state index contributed by atoms with van der Waals surface area (Å²) in [5.74, 6) is 0.342. The first kappa shape index (κ1) is 24.6. The van der Waals surface area contributed by atoms with Crippen molar-refractivity contribution in [2.75, 3.05) is 6.61 Å². The number of amides is 4. The molecule has 3 fully saturated rings. The molecule has 34 heavy (non-hydrogen) atoms. The van der Waals surface area contributed by atoms with Crippen LogP contribution in [0.2, 0.25) is 0 Å². The normalized spacial score (nSPS) is 42.8. The molecule has 0 radical (unpaired) electrons. The van der Waals surface area contributed by atoms with Crippen molar-refractivity contribution in [2.45, 2.75) is 70.5 Å². The molecule has 4 rings (SSSR count). The van der Waals surface area contributed by atoms with Crippen LogP contribution in [0.25, 0.3) is 0 Å². The lowest BCUT2D eigenvalue weighted by Crippen LogP contribution is -2.62. The van der Waals surface area contributed by atoms with Gasteiger partial charge in [0.05, 0.1) is 24.1 Å². The first-order chi connectivity index (χ1) is 16.0. The topological polar surface area (TPSA) is 196 Å². The fraction of sp³-hybridized carbons (Fsp3) is 0.739. The zero-order valence-corrected chi connectivity index (χ0v) is 19.8. The summed E-state index contributed by atoms with van der Waals surface area (Å²) in [7, 11) is 0. The number of allylic oxidation sites excluding steroid dienone is 2. The van der Waals surface area contributed by atoms with Gasteiger partial charge in [0, 0.05) is 5.41 Å². The lowest BCUT2D eigenvalue weighted by molar-refractivity contribution is -0.151. The molecular formula is C23H36N6O5. The van der Waals surface area contributed by atoms with Gasteiger partial charge in [-0.1, -0.05) is 19.4 Å². The van der Waals surface area contributed by atoms with Crippen molar-refractivity contribution in [1.29, 1.82) is 0 Å². The van der Waals surface area contributed by atoms with E-state index < -0.39 is 35.8 Å². The number of carbonyl (C=O) groups is 2. The summed E-state index contributed by atoms with van der Waals surface area (Å²) in [6, 6.07) is -1.57. The predicted molar refractivity (Wildman–Crippen MR) is 125 cm³/mol. The molecule has 0 heterocycles. The quantitative estimate of drug-likeness (QED) is 0.231. The van der Waals surface area contributed by atoms with E-state index in [0.29, 0.717) is 19.3 Å². The molecule has 9 N–H and O–H groups in total. The van der Waals surface area contributed by atoms with Gasteiger partial charge in [0.1, 0.15) is 5.60 Å². The largest absolute Gasteiger partial charge is 0.393 e. The molecule has 188 valence electrons. The van der Waals surface area contributed by atoms with Gasteiger partial charge in [0.15, 0.2) is 0 Å². The first-order valence-corrected chi connectivity index (χ1v) is 11.9. The highest BCUT2D eigenvalue weighted by molar-refractivity contribution is 5.97. The molecule has 3 saturated carbocycles. The van der Waals surface area contributed by atoms with Crippen molar-refractivity contribution >= 4 is 23.5 Å². The second-order valence-corrected chi connectivity index (χ2v) is 10.8. The monoisotopic (exact) mass is 476 g/mol. The zero-order chi connectivity index (χ0) is 24.9. The zero-order valence-electron chi connectivity index (χ0n) is 19.8. The van der Waals surface area contributed by atoms with Crippen LogP contribution in [-0.4, -0.2) is 57.1 Å². The van der Waals surface area contributed by atoms with Gasteiger partial charge in [-0.2, -0.15) is 10.2 Å². The number of nitrogens with two attached hydrogens (primary N) is 2. The van der Waals surface area contributed by atoms with Crippen molar-refractivity contribution < 1.29 is 24.9 Å². The van der Waals surface area contributed by atoms with Crippen molar-refractivity contribution in [3.8, 4) is 0 Å². The molecule has 0 aromatic heterocycles. The number of carbonyl (C=O) groups excluding carboxylic acids is 2. The molecule has 4 amide bonds. The molecule has 0 aliphatic heterocycles. The lowest BCUT2D eigenvalue weighted by atomic mass is 9.45. The number of hydrazone groups is 2. The standard InChI is InChI=1S/C23H36N6O5/c1-21-7-5-13(26-28-19(24)32)9-12(21)3-4-14-15-6-8-23(34,17(11-30)27-29-20(25)33)22(15,2)10-16(31)18(14)21/h9,14-16,18,30-31,34H,3-8,10-11H2,1-2H3,(H3,24,28,32)(H3,25,29,33)/b26-13+,27-17+/t14-,15-,16-,18+,21-,22-,23+/m0/s1. The van der Waals surface area contributed by atoms with Crippen LogP contribution >= 0.6 is 0 Å². The Labute approximate surface area is 198 Å². The van der Waals surface area contributed by atoms with E-state index in [4.69, 9.17) is 11.5 Å². The Morgan fingerprint density at radius 2 is 1.85 bits per heavy atom. The van der Waals surface area contributed by atoms with E-state index in [2.05, 4.69) is 28.0 Å². The van der Waals surface area contributed by atoms with Gasteiger partial charge >= 0.3 is 12.1 Å². The number of hydrogen-bond donors (Lipinski definition) is 7. The molecule has 0 unspecified atom stereocenters. The van der Waals surface area contributed by atoms with E-state index in [-0.39, 0.29) is 28.9 Å². The number of aliphatic hydroxyl groups is 3. The van der Waals surface area contributed by atoms with Crippen molar-refractivity contribution in [2.24, 2.45) is 50.3 Å². The number of fused-ring (bicyclic) bond motifs is 5. The van der Waals surface area contributed by atoms with Crippen molar-refractivity contribution in [1.82, 2.24) is 10.9 Å². The highest BCUT2D eigenvalue weighted by Gasteiger charge is 2.67. The van der Waals surface area contributed by atoms with Crippen molar-refractivity contribution in [3.63, 3.8) is 0 Å². The molecule has 11 nitrogen and oxygen atoms in total. The fourth-order valence-electron chi connectivity index (χ4n) is 7.77. The van der Waals surface area contributed by atoms with Gasteiger partial charge in [-0.15, -0.1) is 0 Å². The average molecular weight is 477 g/mol. The Morgan fingerprint density at radius 3 is 2.50 bits per heavy atom. The minimum Gasteiger partial charge on any atom is -0.393 e. The average Bonchev–Trinajstić information content (AvgIpc) is 3.03. The Bertz CT molecular complexity index is 965. The number of rotatable bonds is 4. The second-order valence-electron chi connectivity index (χ2n) is 10.8. The summed E-state index contributed by atoms with van der Waals surface area (Å²) >= 11 is 0. The van der Waals surface area contributed by atoms with Crippen LogP contribution in [0.15, 0.2) is 21.9 Å². The minimum atomic E-state index is -1.45.